The van der Waals surface area contributed by atoms with Crippen LogP contribution in [0.4, 0.5) is 26.3 Å². The van der Waals surface area contributed by atoms with Gasteiger partial charge in [-0.1, -0.05) is 24.8 Å². The van der Waals surface area contributed by atoms with Crippen molar-refractivity contribution in [2.24, 2.45) is 0 Å². The van der Waals surface area contributed by atoms with E-state index < -0.39 is 40.8 Å². The van der Waals surface area contributed by atoms with E-state index in [1.807, 2.05) is 6.92 Å². The van der Waals surface area contributed by atoms with Gasteiger partial charge in [-0.25, -0.2) is 26.3 Å². The Morgan fingerprint density at radius 2 is 1.47 bits per heavy atom. The second-order valence-electron chi connectivity index (χ2n) is 7.84. The molecule has 32 heavy (non-hydrogen) atoms. The Balaban J connectivity index is 1.62. The molecule has 164 valence electrons. The normalized spacial score (nSPS) is 15.2. The van der Waals surface area contributed by atoms with Crippen LogP contribution in [0, 0.1) is 46.7 Å². The molecule has 1 unspecified atom stereocenters. The second-order valence-corrected chi connectivity index (χ2v) is 7.84. The SMILES string of the molecule is CCc1cc(F)c(C2CCc3c(ccc(C#Cc4cc(F)c(F)c(F)c4)c3F)C2)c(F)c1. The molecule has 0 bridgehead atoms. The Bertz CT molecular complexity index is 1220. The predicted octanol–water partition coefficient (Wildman–Crippen LogP) is 6.76. The van der Waals surface area contributed by atoms with Crippen molar-refractivity contribution in [1.82, 2.24) is 0 Å². The fraction of sp³-hybridized carbons (Fsp3) is 0.231. The number of rotatable bonds is 2. The summed E-state index contributed by atoms with van der Waals surface area (Å²) < 4.78 is 83.8. The zero-order valence-corrected chi connectivity index (χ0v) is 17.1. The van der Waals surface area contributed by atoms with Gasteiger partial charge >= 0.3 is 0 Å². The molecule has 1 aliphatic carbocycles. The molecule has 0 N–H and O–H groups in total. The molecule has 3 aromatic carbocycles. The monoisotopic (exact) mass is 444 g/mol. The molecule has 0 saturated carbocycles. The van der Waals surface area contributed by atoms with Gasteiger partial charge in [0.05, 0.1) is 5.56 Å². The maximum Gasteiger partial charge on any atom is 0.194 e. The van der Waals surface area contributed by atoms with Crippen LogP contribution in [0.2, 0.25) is 0 Å². The standard InChI is InChI=1S/C26H18F6/c1-2-14-9-20(27)24(21(28)10-14)18-7-8-19-17(13-18)6-5-16(25(19)31)4-3-15-11-22(29)26(32)23(30)12-15/h5-6,9-12,18H,2,7-8,13H2,1H3. The van der Waals surface area contributed by atoms with Crippen LogP contribution in [0.3, 0.4) is 0 Å². The van der Waals surface area contributed by atoms with Crippen LogP contribution < -0.4 is 0 Å². The van der Waals surface area contributed by atoms with Crippen LogP contribution in [0.15, 0.2) is 36.4 Å². The Morgan fingerprint density at radius 1 is 0.812 bits per heavy atom. The summed E-state index contributed by atoms with van der Waals surface area (Å²) in [6.07, 6.45) is 1.45. The van der Waals surface area contributed by atoms with E-state index in [1.165, 1.54) is 18.2 Å². The van der Waals surface area contributed by atoms with Gasteiger partial charge in [-0.2, -0.15) is 0 Å². The molecular formula is C26H18F6. The Labute approximate surface area is 181 Å². The third-order valence-electron chi connectivity index (χ3n) is 5.83. The average molecular weight is 444 g/mol. The van der Waals surface area contributed by atoms with E-state index in [0.29, 0.717) is 29.5 Å². The van der Waals surface area contributed by atoms with Gasteiger partial charge in [-0.3, -0.25) is 0 Å². The highest BCUT2D eigenvalue weighted by molar-refractivity contribution is 5.48. The topological polar surface area (TPSA) is 0 Å². The van der Waals surface area contributed by atoms with Gasteiger partial charge in [0.25, 0.3) is 0 Å². The molecule has 4 rings (SSSR count). The van der Waals surface area contributed by atoms with Crippen molar-refractivity contribution in [3.05, 3.63) is 105 Å². The van der Waals surface area contributed by atoms with E-state index in [-0.39, 0.29) is 29.5 Å². The third-order valence-corrected chi connectivity index (χ3v) is 5.83. The molecule has 0 heterocycles. The maximum absolute atomic E-state index is 15.0. The quantitative estimate of drug-likeness (QED) is 0.233. The molecule has 0 nitrogen and oxygen atoms in total. The minimum absolute atomic E-state index is 0.0250. The highest BCUT2D eigenvalue weighted by Gasteiger charge is 2.28. The predicted molar refractivity (Wildman–Crippen MR) is 109 cm³/mol. The summed E-state index contributed by atoms with van der Waals surface area (Å²) in [6, 6.07) is 7.23. The van der Waals surface area contributed by atoms with Crippen molar-refractivity contribution in [2.75, 3.05) is 0 Å². The van der Waals surface area contributed by atoms with E-state index >= 15 is 4.39 Å². The van der Waals surface area contributed by atoms with Crippen LogP contribution in [0.1, 0.15) is 52.6 Å². The summed E-state index contributed by atoms with van der Waals surface area (Å²) in [7, 11) is 0. The lowest BCUT2D eigenvalue weighted by molar-refractivity contribution is 0.446. The number of hydrogen-bond donors (Lipinski definition) is 0. The number of hydrogen-bond acceptors (Lipinski definition) is 0. The number of aryl methyl sites for hydroxylation is 1. The summed E-state index contributed by atoms with van der Waals surface area (Å²) in [5.41, 5.74) is 1.56. The highest BCUT2D eigenvalue weighted by atomic mass is 19.2. The van der Waals surface area contributed by atoms with Gasteiger partial charge in [0, 0.05) is 11.1 Å². The van der Waals surface area contributed by atoms with Crippen molar-refractivity contribution >= 4 is 0 Å². The van der Waals surface area contributed by atoms with Gasteiger partial charge in [0.2, 0.25) is 0 Å². The molecule has 0 fully saturated rings. The second kappa shape index (κ2) is 8.74. The summed E-state index contributed by atoms with van der Waals surface area (Å²) in [5.74, 6) is -1.53. The summed E-state index contributed by atoms with van der Waals surface area (Å²) in [4.78, 5) is 0. The lowest BCUT2D eigenvalue weighted by Gasteiger charge is -2.26. The third kappa shape index (κ3) is 4.12. The minimum atomic E-state index is -1.60. The summed E-state index contributed by atoms with van der Waals surface area (Å²) in [5, 5.41) is 0. The van der Waals surface area contributed by atoms with E-state index in [2.05, 4.69) is 11.8 Å². The van der Waals surface area contributed by atoms with E-state index in [1.54, 1.807) is 6.07 Å². The molecule has 1 atom stereocenters. The summed E-state index contributed by atoms with van der Waals surface area (Å²) >= 11 is 0. The molecule has 3 aromatic rings. The Kier molecular flexibility index (Phi) is 6.01. The van der Waals surface area contributed by atoms with Crippen molar-refractivity contribution in [2.45, 2.75) is 38.5 Å². The van der Waals surface area contributed by atoms with Crippen molar-refractivity contribution < 1.29 is 26.3 Å². The first-order valence-corrected chi connectivity index (χ1v) is 10.2. The van der Waals surface area contributed by atoms with Crippen molar-refractivity contribution in [1.29, 1.82) is 0 Å². The average Bonchev–Trinajstić information content (AvgIpc) is 2.76. The van der Waals surface area contributed by atoms with E-state index in [9.17, 15) is 22.0 Å². The van der Waals surface area contributed by atoms with Gasteiger partial charge in [-0.15, -0.1) is 0 Å². The number of fused-ring (bicyclic) bond motifs is 1. The summed E-state index contributed by atoms with van der Waals surface area (Å²) in [6.45, 7) is 1.82. The van der Waals surface area contributed by atoms with Gasteiger partial charge in [0.1, 0.15) is 17.5 Å². The van der Waals surface area contributed by atoms with Gasteiger partial charge in [-0.05, 0) is 78.6 Å². The molecule has 0 saturated heterocycles. The fourth-order valence-corrected chi connectivity index (χ4v) is 4.15. The molecule has 0 spiro atoms. The van der Waals surface area contributed by atoms with Crippen LogP contribution in [0.5, 0.6) is 0 Å². The van der Waals surface area contributed by atoms with E-state index in [0.717, 1.165) is 12.1 Å². The van der Waals surface area contributed by atoms with Crippen LogP contribution in [0.25, 0.3) is 0 Å². The van der Waals surface area contributed by atoms with Gasteiger partial charge in [0.15, 0.2) is 17.5 Å². The van der Waals surface area contributed by atoms with Crippen LogP contribution in [-0.2, 0) is 19.3 Å². The first kappa shape index (κ1) is 22.0. The lowest BCUT2D eigenvalue weighted by Crippen LogP contribution is -2.17. The first-order chi connectivity index (χ1) is 15.3. The molecule has 6 heteroatoms. The maximum atomic E-state index is 15.0. The van der Waals surface area contributed by atoms with Gasteiger partial charge < -0.3 is 0 Å². The van der Waals surface area contributed by atoms with E-state index in [4.69, 9.17) is 0 Å². The lowest BCUT2D eigenvalue weighted by atomic mass is 9.79. The largest absolute Gasteiger partial charge is 0.207 e. The molecule has 0 radical (unpaired) electrons. The van der Waals surface area contributed by atoms with Crippen LogP contribution >= 0.6 is 0 Å². The minimum Gasteiger partial charge on any atom is -0.207 e. The zero-order chi connectivity index (χ0) is 23.0. The Hall–Kier alpha value is -3.20. The Morgan fingerprint density at radius 3 is 2.09 bits per heavy atom. The molecular weight excluding hydrogens is 426 g/mol. The first-order valence-electron chi connectivity index (χ1n) is 10.2. The van der Waals surface area contributed by atoms with Crippen LogP contribution in [-0.4, -0.2) is 0 Å². The van der Waals surface area contributed by atoms with Crippen molar-refractivity contribution in [3.63, 3.8) is 0 Å². The smallest absolute Gasteiger partial charge is 0.194 e. The van der Waals surface area contributed by atoms with Crippen molar-refractivity contribution in [3.8, 4) is 11.8 Å². The zero-order valence-electron chi connectivity index (χ0n) is 17.1. The number of halogens is 6. The molecule has 0 aliphatic heterocycles. The highest BCUT2D eigenvalue weighted by Crippen LogP contribution is 2.37. The fourth-order valence-electron chi connectivity index (χ4n) is 4.15. The molecule has 1 aliphatic rings. The molecule has 0 aromatic heterocycles. The number of benzene rings is 3. The molecule has 0 amide bonds.